The first kappa shape index (κ1) is 15.4. The number of phenols is 4. The summed E-state index contributed by atoms with van der Waals surface area (Å²) in [6.45, 7) is 1.85. The third-order valence-electron chi connectivity index (χ3n) is 2.24. The molecule has 0 fully saturated rings. The summed E-state index contributed by atoms with van der Waals surface area (Å²) in [5, 5.41) is 35.5. The zero-order chi connectivity index (χ0) is 14.6. The fourth-order valence-electron chi connectivity index (χ4n) is 1.19. The minimum Gasteiger partial charge on any atom is -0.504 e. The Kier molecular flexibility index (Phi) is 5.26. The molecule has 102 valence electrons. The van der Waals surface area contributed by atoms with Crippen LogP contribution in [-0.4, -0.2) is 20.4 Å². The monoisotopic (exact) mass is 298 g/mol. The molecule has 0 aliphatic carbocycles. The third kappa shape index (κ3) is 4.18. The van der Waals surface area contributed by atoms with Crippen molar-refractivity contribution in [1.82, 2.24) is 0 Å². The molecule has 0 atom stereocenters. The average Bonchev–Trinajstić information content (AvgIpc) is 2.37. The van der Waals surface area contributed by atoms with Crippen LogP contribution in [0.1, 0.15) is 5.56 Å². The van der Waals surface area contributed by atoms with E-state index in [0.29, 0.717) is 9.79 Å². The number of thiol groups is 2. The maximum Gasteiger partial charge on any atom is 0.172 e. The molecule has 4 N–H and O–H groups in total. The lowest BCUT2D eigenvalue weighted by molar-refractivity contribution is 0.393. The number of aryl methyl sites for hydroxylation is 1. The van der Waals surface area contributed by atoms with Crippen LogP contribution in [-0.2, 0) is 0 Å². The van der Waals surface area contributed by atoms with Crippen molar-refractivity contribution < 1.29 is 20.4 Å². The van der Waals surface area contributed by atoms with Gasteiger partial charge in [0.05, 0.1) is 4.90 Å². The average molecular weight is 298 g/mol. The van der Waals surface area contributed by atoms with Gasteiger partial charge in [-0.25, -0.2) is 0 Å². The summed E-state index contributed by atoms with van der Waals surface area (Å²) in [5.41, 5.74) is 0.935. The smallest absolute Gasteiger partial charge is 0.172 e. The third-order valence-corrected chi connectivity index (χ3v) is 3.24. The first-order valence-electron chi connectivity index (χ1n) is 5.24. The van der Waals surface area contributed by atoms with E-state index in [9.17, 15) is 0 Å². The van der Waals surface area contributed by atoms with Gasteiger partial charge in [0, 0.05) is 4.90 Å². The van der Waals surface area contributed by atoms with Gasteiger partial charge < -0.3 is 20.4 Å². The highest BCUT2D eigenvalue weighted by Gasteiger charge is 2.04. The lowest BCUT2D eigenvalue weighted by atomic mass is 10.2. The molecule has 0 amide bonds. The molecular formula is C13H14O4S2. The summed E-state index contributed by atoms with van der Waals surface area (Å²) in [6, 6.07) is 7.62. The first-order valence-corrected chi connectivity index (χ1v) is 6.13. The number of rotatable bonds is 0. The first-order chi connectivity index (χ1) is 8.82. The normalized spacial score (nSPS) is 9.63. The summed E-state index contributed by atoms with van der Waals surface area (Å²) >= 11 is 7.86. The Bertz CT molecular complexity index is 558. The molecular weight excluding hydrogens is 284 g/mol. The SMILES string of the molecule is Cc1ccc(O)c(O)c1.Oc1ccc(S)c(S)c1O. The zero-order valence-corrected chi connectivity index (χ0v) is 11.9. The highest BCUT2D eigenvalue weighted by atomic mass is 32.1. The second kappa shape index (κ2) is 6.49. The van der Waals surface area contributed by atoms with Gasteiger partial charge in [-0.2, -0.15) is 0 Å². The molecule has 4 nitrogen and oxygen atoms in total. The quantitative estimate of drug-likeness (QED) is 0.334. The topological polar surface area (TPSA) is 80.9 Å². The predicted octanol–water partition coefficient (Wildman–Crippen LogP) is 3.08. The molecule has 0 unspecified atom stereocenters. The van der Waals surface area contributed by atoms with Crippen molar-refractivity contribution in [2.75, 3.05) is 0 Å². The lowest BCUT2D eigenvalue weighted by Crippen LogP contribution is -1.73. The molecule has 0 aliphatic heterocycles. The van der Waals surface area contributed by atoms with Crippen molar-refractivity contribution >= 4 is 25.3 Å². The number of aromatic hydroxyl groups is 4. The van der Waals surface area contributed by atoms with E-state index in [2.05, 4.69) is 25.3 Å². The number of benzene rings is 2. The lowest BCUT2D eigenvalue weighted by Gasteiger charge is -2.01. The minimum atomic E-state index is -0.226. The highest BCUT2D eigenvalue weighted by Crippen LogP contribution is 2.35. The van der Waals surface area contributed by atoms with Crippen LogP contribution in [0.3, 0.4) is 0 Å². The molecule has 0 aromatic heterocycles. The van der Waals surface area contributed by atoms with Crippen LogP contribution in [0, 0.1) is 6.92 Å². The molecule has 0 aliphatic rings. The van der Waals surface area contributed by atoms with Crippen LogP contribution in [0.15, 0.2) is 40.1 Å². The molecule has 2 rings (SSSR count). The van der Waals surface area contributed by atoms with Gasteiger partial charge in [-0.1, -0.05) is 6.07 Å². The molecule has 0 heterocycles. The Morgan fingerprint density at radius 3 is 1.84 bits per heavy atom. The summed E-state index contributed by atoms with van der Waals surface area (Å²) < 4.78 is 0. The van der Waals surface area contributed by atoms with Crippen LogP contribution in [0.25, 0.3) is 0 Å². The predicted molar refractivity (Wildman–Crippen MR) is 78.8 cm³/mol. The van der Waals surface area contributed by atoms with Gasteiger partial charge in [0.2, 0.25) is 0 Å². The van der Waals surface area contributed by atoms with Gasteiger partial charge in [0.1, 0.15) is 0 Å². The van der Waals surface area contributed by atoms with Crippen LogP contribution in [0.2, 0.25) is 0 Å². The molecule has 0 bridgehead atoms. The van der Waals surface area contributed by atoms with E-state index in [-0.39, 0.29) is 23.0 Å². The second-order valence-electron chi connectivity index (χ2n) is 3.79. The Balaban J connectivity index is 0.000000191. The zero-order valence-electron chi connectivity index (χ0n) is 10.1. The number of phenolic OH excluding ortho intramolecular Hbond substituents is 4. The molecule has 0 spiro atoms. The van der Waals surface area contributed by atoms with Crippen molar-refractivity contribution in [2.45, 2.75) is 16.7 Å². The number of hydrogen-bond acceptors (Lipinski definition) is 6. The minimum absolute atomic E-state index is 0.0602. The van der Waals surface area contributed by atoms with E-state index in [1.54, 1.807) is 12.1 Å². The van der Waals surface area contributed by atoms with Gasteiger partial charge in [0.15, 0.2) is 23.0 Å². The molecule has 2 aromatic carbocycles. The van der Waals surface area contributed by atoms with Crippen LogP contribution in [0.4, 0.5) is 0 Å². The van der Waals surface area contributed by atoms with Crippen molar-refractivity contribution in [3.05, 3.63) is 35.9 Å². The Morgan fingerprint density at radius 1 is 0.789 bits per heavy atom. The largest absolute Gasteiger partial charge is 0.504 e. The maximum atomic E-state index is 9.01. The fraction of sp³-hybridized carbons (Fsp3) is 0.0769. The van der Waals surface area contributed by atoms with E-state index in [1.807, 2.05) is 6.92 Å². The standard InChI is InChI=1S/C7H8O2.C6H6O2S2/c1-5-2-3-6(8)7(9)4-5;7-3-1-2-4(9)6(10)5(3)8/h2-4,8-9H,1H3;1-2,7-10H. The molecule has 0 saturated carbocycles. The van der Waals surface area contributed by atoms with Crippen molar-refractivity contribution in [2.24, 2.45) is 0 Å². The van der Waals surface area contributed by atoms with Gasteiger partial charge in [-0.3, -0.25) is 0 Å². The van der Waals surface area contributed by atoms with Crippen molar-refractivity contribution in [1.29, 1.82) is 0 Å². The van der Waals surface area contributed by atoms with E-state index in [4.69, 9.17) is 20.4 Å². The highest BCUT2D eigenvalue weighted by molar-refractivity contribution is 7.83. The van der Waals surface area contributed by atoms with Crippen LogP contribution >= 0.6 is 25.3 Å². The van der Waals surface area contributed by atoms with Gasteiger partial charge in [0.25, 0.3) is 0 Å². The van der Waals surface area contributed by atoms with Crippen molar-refractivity contribution in [3.63, 3.8) is 0 Å². The summed E-state index contributed by atoms with van der Waals surface area (Å²) in [6.07, 6.45) is 0. The molecule has 6 heteroatoms. The molecule has 19 heavy (non-hydrogen) atoms. The van der Waals surface area contributed by atoms with Gasteiger partial charge in [-0.15, -0.1) is 25.3 Å². The van der Waals surface area contributed by atoms with Crippen LogP contribution < -0.4 is 0 Å². The maximum absolute atomic E-state index is 9.01. The van der Waals surface area contributed by atoms with E-state index < -0.39 is 0 Å². The molecule has 0 radical (unpaired) electrons. The second-order valence-corrected chi connectivity index (χ2v) is 4.72. The van der Waals surface area contributed by atoms with Gasteiger partial charge >= 0.3 is 0 Å². The van der Waals surface area contributed by atoms with Crippen molar-refractivity contribution in [3.8, 4) is 23.0 Å². The van der Waals surface area contributed by atoms with Gasteiger partial charge in [-0.05, 0) is 36.8 Å². The Labute approximate surface area is 121 Å². The summed E-state index contributed by atoms with van der Waals surface area (Å²) in [4.78, 5) is 0.835. The molecule has 0 saturated heterocycles. The van der Waals surface area contributed by atoms with E-state index in [1.165, 1.54) is 18.2 Å². The Morgan fingerprint density at radius 2 is 1.37 bits per heavy atom. The number of hydrogen-bond donors (Lipinski definition) is 6. The fourth-order valence-corrected chi connectivity index (χ4v) is 1.56. The summed E-state index contributed by atoms with van der Waals surface area (Å²) in [5.74, 6) is -0.533. The van der Waals surface area contributed by atoms with E-state index >= 15 is 0 Å². The summed E-state index contributed by atoms with van der Waals surface area (Å²) in [7, 11) is 0. The van der Waals surface area contributed by atoms with E-state index in [0.717, 1.165) is 5.56 Å². The van der Waals surface area contributed by atoms with Crippen LogP contribution in [0.5, 0.6) is 23.0 Å². The Hall–Kier alpha value is -1.66. The molecule has 2 aromatic rings.